The zero-order valence-electron chi connectivity index (χ0n) is 14.4. The Balaban J connectivity index is 1.76. The molecule has 0 saturated heterocycles. The Morgan fingerprint density at radius 3 is 2.44 bits per heavy atom. The summed E-state index contributed by atoms with van der Waals surface area (Å²) in [5.41, 5.74) is 1.53. The van der Waals surface area contributed by atoms with Gasteiger partial charge in [0.1, 0.15) is 0 Å². The Morgan fingerprint density at radius 1 is 1.04 bits per heavy atom. The molecule has 1 atom stereocenters. The van der Waals surface area contributed by atoms with Crippen LogP contribution in [-0.2, 0) is 16.0 Å². The molecule has 1 aromatic heterocycles. The van der Waals surface area contributed by atoms with Crippen molar-refractivity contribution in [3.63, 3.8) is 0 Å². The number of fused-ring (bicyclic) bond motifs is 1. The van der Waals surface area contributed by atoms with Gasteiger partial charge in [-0.3, -0.25) is 14.4 Å². The summed E-state index contributed by atoms with van der Waals surface area (Å²) in [7, 11) is 0. The summed E-state index contributed by atoms with van der Waals surface area (Å²) in [4.78, 5) is 40.5. The smallest absolute Gasteiger partial charge is 0.303 e. The van der Waals surface area contributed by atoms with E-state index in [-0.39, 0.29) is 36.0 Å². The number of thiazole rings is 1. The molecule has 0 radical (unpaired) electrons. The molecule has 0 aliphatic heterocycles. The molecule has 0 aliphatic rings. The topological polar surface area (TPSA) is 96.4 Å². The van der Waals surface area contributed by atoms with E-state index in [0.29, 0.717) is 5.52 Å². The molecule has 1 unspecified atom stereocenters. The fourth-order valence-electron chi connectivity index (χ4n) is 2.69. The second-order valence-corrected chi connectivity index (χ2v) is 7.10. The van der Waals surface area contributed by atoms with Crippen molar-refractivity contribution in [2.45, 2.75) is 25.3 Å². The number of aromatic nitrogens is 1. The van der Waals surface area contributed by atoms with Crippen LogP contribution >= 0.6 is 11.3 Å². The number of Topliss-reactive ketones (excluding diaryl/α,β-unsaturated/α-hetero) is 1. The second kappa shape index (κ2) is 8.55. The number of hydrogen-bond donors (Lipinski definition) is 2. The molecule has 0 aliphatic carbocycles. The lowest BCUT2D eigenvalue weighted by molar-refractivity contribution is -0.137. The number of ketones is 1. The summed E-state index contributed by atoms with van der Waals surface area (Å²) in [5.74, 6) is -1.71. The highest BCUT2D eigenvalue weighted by Gasteiger charge is 2.25. The molecule has 3 rings (SSSR count). The molecule has 2 aromatic carbocycles. The molecule has 0 bridgehead atoms. The van der Waals surface area contributed by atoms with Gasteiger partial charge in [-0.05, 0) is 24.1 Å². The minimum Gasteiger partial charge on any atom is -0.481 e. The lowest BCUT2D eigenvalue weighted by Gasteiger charge is -2.16. The summed E-state index contributed by atoms with van der Waals surface area (Å²) in [6.07, 6.45) is -0.0743. The predicted octanol–water partition coefficient (Wildman–Crippen LogP) is 3.07. The number of amides is 1. The lowest BCUT2D eigenvalue weighted by atomic mass is 10.1. The molecule has 2 N–H and O–H groups in total. The highest BCUT2D eigenvalue weighted by Crippen LogP contribution is 2.23. The Labute approximate surface area is 159 Å². The molecule has 3 aromatic rings. The number of carbonyl (C=O) groups is 3. The summed E-state index contributed by atoms with van der Waals surface area (Å²) in [6, 6.07) is 15.6. The maximum atomic E-state index is 12.9. The van der Waals surface area contributed by atoms with E-state index in [4.69, 9.17) is 5.11 Å². The maximum absolute atomic E-state index is 12.9. The first kappa shape index (κ1) is 18.7. The van der Waals surface area contributed by atoms with E-state index in [9.17, 15) is 14.4 Å². The Hall–Kier alpha value is -3.06. The van der Waals surface area contributed by atoms with Crippen molar-refractivity contribution in [2.24, 2.45) is 0 Å². The van der Waals surface area contributed by atoms with Crippen molar-refractivity contribution in [1.82, 2.24) is 10.3 Å². The first-order valence-corrected chi connectivity index (χ1v) is 9.29. The highest BCUT2D eigenvalue weighted by molar-refractivity contribution is 7.20. The molecule has 138 valence electrons. The van der Waals surface area contributed by atoms with Crippen LogP contribution in [0.1, 0.15) is 28.2 Å². The van der Waals surface area contributed by atoms with Crippen LogP contribution in [0.4, 0.5) is 0 Å². The monoisotopic (exact) mass is 382 g/mol. The first-order valence-electron chi connectivity index (χ1n) is 8.48. The van der Waals surface area contributed by atoms with Crippen molar-refractivity contribution in [3.8, 4) is 0 Å². The minimum atomic E-state index is -1.02. The number of aliphatic carboxylic acids is 1. The lowest BCUT2D eigenvalue weighted by Crippen LogP contribution is -2.42. The van der Waals surface area contributed by atoms with E-state index in [0.717, 1.165) is 10.3 Å². The number of benzene rings is 2. The van der Waals surface area contributed by atoms with Crippen LogP contribution in [0, 0.1) is 0 Å². The van der Waals surface area contributed by atoms with Gasteiger partial charge in [-0.1, -0.05) is 42.5 Å². The number of nitrogens with one attached hydrogen (secondary N) is 1. The molecule has 1 heterocycles. The van der Waals surface area contributed by atoms with Crippen LogP contribution in [0.2, 0.25) is 0 Å². The van der Waals surface area contributed by atoms with Crippen molar-refractivity contribution in [3.05, 3.63) is 65.2 Å². The number of carboxylic acids is 1. The van der Waals surface area contributed by atoms with Gasteiger partial charge in [-0.25, -0.2) is 4.98 Å². The highest BCUT2D eigenvalue weighted by atomic mass is 32.1. The van der Waals surface area contributed by atoms with Crippen LogP contribution in [0.15, 0.2) is 54.6 Å². The summed E-state index contributed by atoms with van der Waals surface area (Å²) >= 11 is 1.24. The third-order valence-electron chi connectivity index (χ3n) is 4.01. The third-order valence-corrected chi connectivity index (χ3v) is 5.06. The summed E-state index contributed by atoms with van der Waals surface area (Å²) in [6.45, 7) is 0. The van der Waals surface area contributed by atoms with E-state index in [1.165, 1.54) is 11.3 Å². The minimum absolute atomic E-state index is 0.0185. The first-order chi connectivity index (χ1) is 13.0. The maximum Gasteiger partial charge on any atom is 0.303 e. The van der Waals surface area contributed by atoms with Gasteiger partial charge >= 0.3 is 5.97 Å². The summed E-state index contributed by atoms with van der Waals surface area (Å²) in [5, 5.41) is 11.9. The van der Waals surface area contributed by atoms with Gasteiger partial charge < -0.3 is 10.4 Å². The number of rotatable bonds is 8. The average molecular weight is 382 g/mol. The zero-order chi connectivity index (χ0) is 19.2. The van der Waals surface area contributed by atoms with Crippen LogP contribution in [0.3, 0.4) is 0 Å². The van der Waals surface area contributed by atoms with E-state index >= 15 is 0 Å². The van der Waals surface area contributed by atoms with E-state index in [2.05, 4.69) is 10.3 Å². The Bertz CT molecular complexity index is 935. The molecule has 27 heavy (non-hydrogen) atoms. The molecular formula is C20H18N2O4S. The molecule has 7 heteroatoms. The van der Waals surface area contributed by atoms with E-state index < -0.39 is 12.0 Å². The second-order valence-electron chi connectivity index (χ2n) is 6.07. The zero-order valence-corrected chi connectivity index (χ0v) is 15.2. The molecule has 0 saturated carbocycles. The Morgan fingerprint density at radius 2 is 1.74 bits per heavy atom. The van der Waals surface area contributed by atoms with E-state index in [1.807, 2.05) is 54.6 Å². The standard InChI is InChI=1S/C20H18N2O4S/c23-17(12-13-6-2-1-3-7-13)21-15(10-11-18(24)25)19(26)20-22-14-8-4-5-9-16(14)27-20/h1-9,15H,10-12H2,(H,21,23)(H,24,25). The number of carbonyl (C=O) groups excluding carboxylic acids is 2. The van der Waals surface area contributed by atoms with Crippen molar-refractivity contribution >= 4 is 39.2 Å². The van der Waals surface area contributed by atoms with Gasteiger partial charge in [-0.2, -0.15) is 0 Å². The van der Waals surface area contributed by atoms with E-state index in [1.54, 1.807) is 0 Å². The number of carboxylic acid groups (broad SMARTS) is 1. The van der Waals surface area contributed by atoms with Crippen LogP contribution in [0.25, 0.3) is 10.2 Å². The van der Waals surface area contributed by atoms with Gasteiger partial charge in [0.05, 0.1) is 22.7 Å². The van der Waals surface area contributed by atoms with Gasteiger partial charge in [0, 0.05) is 6.42 Å². The van der Waals surface area contributed by atoms with Gasteiger partial charge in [0.15, 0.2) is 5.01 Å². The normalized spacial score (nSPS) is 11.9. The molecular weight excluding hydrogens is 364 g/mol. The largest absolute Gasteiger partial charge is 0.481 e. The molecule has 6 nitrogen and oxygen atoms in total. The fourth-order valence-corrected chi connectivity index (χ4v) is 3.65. The molecule has 0 fully saturated rings. The molecule has 1 amide bonds. The average Bonchev–Trinajstić information content (AvgIpc) is 3.09. The van der Waals surface area contributed by atoms with Gasteiger partial charge in [-0.15, -0.1) is 11.3 Å². The van der Waals surface area contributed by atoms with Crippen molar-refractivity contribution < 1.29 is 19.5 Å². The number of hydrogen-bond acceptors (Lipinski definition) is 5. The van der Waals surface area contributed by atoms with Crippen LogP contribution in [-0.4, -0.2) is 33.8 Å². The van der Waals surface area contributed by atoms with Crippen molar-refractivity contribution in [2.75, 3.05) is 0 Å². The fraction of sp³-hybridized carbons (Fsp3) is 0.200. The van der Waals surface area contributed by atoms with Gasteiger partial charge in [0.25, 0.3) is 0 Å². The quantitative estimate of drug-likeness (QED) is 0.584. The van der Waals surface area contributed by atoms with Gasteiger partial charge in [0.2, 0.25) is 11.7 Å². The Kier molecular flexibility index (Phi) is 5.93. The SMILES string of the molecule is O=C(O)CCC(NC(=O)Cc1ccccc1)C(=O)c1nc2ccccc2s1. The van der Waals surface area contributed by atoms with Crippen LogP contribution in [0.5, 0.6) is 0 Å². The summed E-state index contributed by atoms with van der Waals surface area (Å²) < 4.78 is 0.869. The number of para-hydroxylation sites is 1. The third kappa shape index (κ3) is 4.98. The molecule has 0 spiro atoms. The predicted molar refractivity (Wildman–Crippen MR) is 103 cm³/mol. The van der Waals surface area contributed by atoms with Crippen molar-refractivity contribution in [1.29, 1.82) is 0 Å². The van der Waals surface area contributed by atoms with Crippen LogP contribution < -0.4 is 5.32 Å². The number of nitrogens with zero attached hydrogens (tertiary/aromatic N) is 1.